The van der Waals surface area contributed by atoms with Gasteiger partial charge < -0.3 is 14.8 Å². The Balaban J connectivity index is 1.36. The van der Waals surface area contributed by atoms with Gasteiger partial charge >= 0.3 is 0 Å². The normalized spacial score (nSPS) is 10.8. The molecule has 1 N–H and O–H groups in total. The topological polar surface area (TPSA) is 94.8 Å². The zero-order valence-corrected chi connectivity index (χ0v) is 17.2. The molecule has 2 heterocycles. The number of anilines is 1. The second-order valence-electron chi connectivity index (χ2n) is 6.48. The third-order valence-electron chi connectivity index (χ3n) is 4.10. The summed E-state index contributed by atoms with van der Waals surface area (Å²) in [6, 6.07) is 14.0. The lowest BCUT2D eigenvalue weighted by atomic mass is 10.3. The highest BCUT2D eigenvalue weighted by Crippen LogP contribution is 2.19. The largest absolute Gasteiger partial charge is 0.487 e. The molecule has 2 aromatic heterocycles. The Bertz CT molecular complexity index is 1300. The molecule has 0 spiro atoms. The van der Waals surface area contributed by atoms with Crippen LogP contribution in [0, 0.1) is 12.7 Å². The lowest BCUT2D eigenvalue weighted by Gasteiger charge is -2.10. The fourth-order valence-electron chi connectivity index (χ4n) is 2.75. The van der Waals surface area contributed by atoms with E-state index in [9.17, 15) is 14.0 Å². The van der Waals surface area contributed by atoms with Crippen LogP contribution in [0.5, 0.6) is 11.5 Å². The van der Waals surface area contributed by atoms with Crippen LogP contribution >= 0.6 is 11.3 Å². The number of aryl methyl sites for hydroxylation is 1. The van der Waals surface area contributed by atoms with E-state index in [2.05, 4.69) is 15.4 Å². The number of halogens is 1. The van der Waals surface area contributed by atoms with E-state index in [1.54, 1.807) is 37.3 Å². The molecule has 0 unspecified atom stereocenters. The average molecular weight is 440 g/mol. The van der Waals surface area contributed by atoms with E-state index in [-0.39, 0.29) is 24.5 Å². The van der Waals surface area contributed by atoms with Crippen molar-refractivity contribution in [2.45, 2.75) is 13.5 Å². The second kappa shape index (κ2) is 8.92. The number of benzene rings is 2. The van der Waals surface area contributed by atoms with Gasteiger partial charge in [-0.05, 0) is 31.2 Å². The van der Waals surface area contributed by atoms with Gasteiger partial charge in [0, 0.05) is 17.8 Å². The van der Waals surface area contributed by atoms with Gasteiger partial charge in [0.05, 0.1) is 5.69 Å². The number of nitrogens with zero attached hydrogens (tertiary/aromatic N) is 3. The molecule has 0 radical (unpaired) electrons. The maximum absolute atomic E-state index is 13.6. The van der Waals surface area contributed by atoms with Gasteiger partial charge in [-0.3, -0.25) is 9.59 Å². The van der Waals surface area contributed by atoms with Crippen LogP contribution in [0.3, 0.4) is 0 Å². The van der Waals surface area contributed by atoms with E-state index in [4.69, 9.17) is 9.47 Å². The van der Waals surface area contributed by atoms with Gasteiger partial charge in [-0.1, -0.05) is 29.5 Å². The lowest BCUT2D eigenvalue weighted by molar-refractivity contribution is -0.118. The molecular formula is C21H17FN4O4S. The first-order chi connectivity index (χ1) is 15.0. The molecule has 4 rings (SSSR count). The van der Waals surface area contributed by atoms with Gasteiger partial charge in [0.25, 0.3) is 11.5 Å². The maximum Gasteiger partial charge on any atom is 0.275 e. The minimum atomic E-state index is -0.536. The number of amides is 1. The van der Waals surface area contributed by atoms with Crippen molar-refractivity contribution in [1.82, 2.24) is 14.6 Å². The van der Waals surface area contributed by atoms with Gasteiger partial charge in [-0.25, -0.2) is 9.37 Å². The number of rotatable bonds is 7. The fraction of sp³-hybridized carbons (Fsp3) is 0.143. The summed E-state index contributed by atoms with van der Waals surface area (Å²) in [4.78, 5) is 29.1. The molecular weight excluding hydrogens is 423 g/mol. The predicted octanol–water partition coefficient (Wildman–Crippen LogP) is 3.20. The molecule has 0 aliphatic rings. The van der Waals surface area contributed by atoms with Crippen molar-refractivity contribution in [2.24, 2.45) is 0 Å². The van der Waals surface area contributed by atoms with Crippen LogP contribution in [0.25, 0.3) is 4.96 Å². The number of carbonyl (C=O) groups is 1. The van der Waals surface area contributed by atoms with E-state index in [1.807, 2.05) is 0 Å². The number of ether oxygens (including phenoxy) is 2. The van der Waals surface area contributed by atoms with E-state index >= 15 is 0 Å². The highest BCUT2D eigenvalue weighted by Gasteiger charge is 2.09. The average Bonchev–Trinajstić information content (AvgIpc) is 3.13. The Kier molecular flexibility index (Phi) is 5.89. The predicted molar refractivity (Wildman–Crippen MR) is 113 cm³/mol. The molecule has 2 aromatic carbocycles. The van der Waals surface area contributed by atoms with Crippen LogP contribution in [-0.4, -0.2) is 27.1 Å². The summed E-state index contributed by atoms with van der Waals surface area (Å²) in [5.74, 6) is -0.492. The molecule has 8 nitrogen and oxygen atoms in total. The third-order valence-corrected chi connectivity index (χ3v) is 4.92. The number of fused-ring (bicyclic) bond motifs is 1. The van der Waals surface area contributed by atoms with Gasteiger partial charge in [0.15, 0.2) is 18.2 Å². The van der Waals surface area contributed by atoms with E-state index in [0.29, 0.717) is 22.1 Å². The number of hydrogen-bond acceptors (Lipinski definition) is 7. The van der Waals surface area contributed by atoms with Crippen molar-refractivity contribution in [1.29, 1.82) is 0 Å². The zero-order valence-electron chi connectivity index (χ0n) is 16.4. The molecule has 0 aliphatic heterocycles. The lowest BCUT2D eigenvalue weighted by Crippen LogP contribution is -2.20. The van der Waals surface area contributed by atoms with E-state index < -0.39 is 11.7 Å². The first-order valence-electron chi connectivity index (χ1n) is 9.24. The molecule has 158 valence electrons. The molecule has 0 atom stereocenters. The van der Waals surface area contributed by atoms with Crippen molar-refractivity contribution in [3.05, 3.63) is 81.5 Å². The SMILES string of the molecule is Cc1nn2c(=O)cc(COc3cccc(NC(=O)COc4ccccc4F)c3)nc2s1. The van der Waals surface area contributed by atoms with Crippen LogP contribution < -0.4 is 20.3 Å². The molecule has 0 aliphatic carbocycles. The molecule has 0 fully saturated rings. The van der Waals surface area contributed by atoms with Crippen molar-refractivity contribution in [3.63, 3.8) is 0 Å². The molecule has 4 aromatic rings. The fourth-order valence-corrected chi connectivity index (χ4v) is 3.52. The molecule has 0 bridgehead atoms. The van der Waals surface area contributed by atoms with Gasteiger partial charge in [-0.2, -0.15) is 9.61 Å². The quantitative estimate of drug-likeness (QED) is 0.474. The number of para-hydroxylation sites is 1. The van der Waals surface area contributed by atoms with E-state index in [1.165, 1.54) is 40.1 Å². The Hall–Kier alpha value is -3.79. The number of hydrogen-bond donors (Lipinski definition) is 1. The first kappa shape index (κ1) is 20.5. The molecule has 10 heteroatoms. The summed E-state index contributed by atoms with van der Waals surface area (Å²) < 4.78 is 25.7. The Morgan fingerprint density at radius 2 is 2.00 bits per heavy atom. The Morgan fingerprint density at radius 3 is 2.84 bits per heavy atom. The van der Waals surface area contributed by atoms with Crippen molar-refractivity contribution in [3.8, 4) is 11.5 Å². The van der Waals surface area contributed by atoms with Crippen molar-refractivity contribution >= 4 is 27.9 Å². The van der Waals surface area contributed by atoms with Gasteiger partial charge in [-0.15, -0.1) is 0 Å². The Labute approximate surface area is 179 Å². The summed E-state index contributed by atoms with van der Waals surface area (Å²) in [5, 5.41) is 7.50. The smallest absolute Gasteiger partial charge is 0.275 e. The first-order valence-corrected chi connectivity index (χ1v) is 10.1. The molecule has 0 saturated heterocycles. The molecule has 0 saturated carbocycles. The van der Waals surface area contributed by atoms with Crippen LogP contribution in [-0.2, 0) is 11.4 Å². The van der Waals surface area contributed by atoms with E-state index in [0.717, 1.165) is 5.01 Å². The minimum Gasteiger partial charge on any atom is -0.487 e. The number of carbonyl (C=O) groups excluding carboxylic acids is 1. The summed E-state index contributed by atoms with van der Waals surface area (Å²) in [6.45, 7) is 1.54. The monoisotopic (exact) mass is 440 g/mol. The van der Waals surface area contributed by atoms with Crippen LogP contribution in [0.1, 0.15) is 10.7 Å². The van der Waals surface area contributed by atoms with Crippen molar-refractivity contribution in [2.75, 3.05) is 11.9 Å². The highest BCUT2D eigenvalue weighted by molar-refractivity contribution is 7.16. The van der Waals surface area contributed by atoms with Gasteiger partial charge in [0.2, 0.25) is 4.96 Å². The minimum absolute atomic E-state index is 0.00578. The molecule has 1 amide bonds. The Morgan fingerprint density at radius 1 is 1.16 bits per heavy atom. The summed E-state index contributed by atoms with van der Waals surface area (Å²) in [5.41, 5.74) is 0.686. The maximum atomic E-state index is 13.6. The summed E-state index contributed by atoms with van der Waals surface area (Å²) in [7, 11) is 0. The van der Waals surface area contributed by atoms with Crippen LogP contribution in [0.15, 0.2) is 59.4 Å². The third kappa shape index (κ3) is 5.04. The second-order valence-corrected chi connectivity index (χ2v) is 7.65. The summed E-state index contributed by atoms with van der Waals surface area (Å²) >= 11 is 1.32. The zero-order chi connectivity index (χ0) is 21.8. The number of aromatic nitrogens is 3. The summed E-state index contributed by atoms with van der Waals surface area (Å²) in [6.07, 6.45) is 0. The van der Waals surface area contributed by atoms with Crippen LogP contribution in [0.2, 0.25) is 0 Å². The highest BCUT2D eigenvalue weighted by atomic mass is 32.1. The van der Waals surface area contributed by atoms with Crippen LogP contribution in [0.4, 0.5) is 10.1 Å². The van der Waals surface area contributed by atoms with Crippen molar-refractivity contribution < 1.29 is 18.7 Å². The van der Waals surface area contributed by atoms with Gasteiger partial charge in [0.1, 0.15) is 17.4 Å². The number of nitrogens with one attached hydrogen (secondary N) is 1. The molecule has 31 heavy (non-hydrogen) atoms. The standard InChI is InChI=1S/C21H17FN4O4S/c1-13-25-26-20(28)10-15(24-21(26)31-13)11-29-16-6-4-5-14(9-16)23-19(27)12-30-18-8-3-2-7-17(18)22/h2-10H,11-12H2,1H3,(H,23,27).